The van der Waals surface area contributed by atoms with Gasteiger partial charge in [0.2, 0.25) is 0 Å². The summed E-state index contributed by atoms with van der Waals surface area (Å²) in [7, 11) is 0. The molecular weight excluding hydrogens is 452 g/mol. The van der Waals surface area contributed by atoms with Crippen LogP contribution in [-0.4, -0.2) is 19.9 Å². The molecule has 0 atom stereocenters. The molecule has 2 heterocycles. The van der Waals surface area contributed by atoms with Crippen LogP contribution < -0.4 is 0 Å². The lowest BCUT2D eigenvalue weighted by Crippen LogP contribution is -2.01. The zero-order valence-electron chi connectivity index (χ0n) is 18.6. The molecule has 0 saturated heterocycles. The highest BCUT2D eigenvalue weighted by Crippen LogP contribution is 2.33. The van der Waals surface area contributed by atoms with Gasteiger partial charge in [-0.15, -0.1) is 0 Å². The second kappa shape index (κ2) is 9.09. The molecule has 0 bridgehead atoms. The molecule has 0 aliphatic carbocycles. The van der Waals surface area contributed by atoms with Gasteiger partial charge in [0.1, 0.15) is 5.15 Å². The van der Waals surface area contributed by atoms with Gasteiger partial charge in [-0.05, 0) is 29.3 Å². The van der Waals surface area contributed by atoms with E-state index in [1.807, 2.05) is 84.9 Å². The first-order chi connectivity index (χ1) is 17.2. The number of rotatable bonds is 4. The first kappa shape index (κ1) is 21.1. The number of hydrogen-bond donors (Lipinski definition) is 0. The molecule has 0 unspecified atom stereocenters. The van der Waals surface area contributed by atoms with Crippen LogP contribution in [0.1, 0.15) is 0 Å². The minimum atomic E-state index is 0.473. The Labute approximate surface area is 208 Å². The Bertz CT molecular complexity index is 1590. The molecule has 0 N–H and O–H groups in total. The van der Waals surface area contributed by atoms with E-state index in [4.69, 9.17) is 26.6 Å². The SMILES string of the molecule is Clc1ccc2ccc(-c3ccccc3-c3nc(-c4ccccc4)nc(-c4ccccc4)n3)cc2n1. The normalized spacial score (nSPS) is 11.0. The number of hydrogen-bond acceptors (Lipinski definition) is 4. The van der Waals surface area contributed by atoms with Gasteiger partial charge in [0.15, 0.2) is 17.5 Å². The third-order valence-electron chi connectivity index (χ3n) is 5.84. The largest absolute Gasteiger partial charge is 0.236 e. The molecule has 6 rings (SSSR count). The zero-order chi connectivity index (χ0) is 23.6. The summed E-state index contributed by atoms with van der Waals surface area (Å²) < 4.78 is 0. The van der Waals surface area contributed by atoms with Crippen LogP contribution in [-0.2, 0) is 0 Å². The molecule has 4 nitrogen and oxygen atoms in total. The maximum absolute atomic E-state index is 6.16. The van der Waals surface area contributed by atoms with Crippen molar-refractivity contribution in [1.82, 2.24) is 19.9 Å². The Morgan fingerprint density at radius 2 is 0.971 bits per heavy atom. The highest BCUT2D eigenvalue weighted by molar-refractivity contribution is 6.29. The van der Waals surface area contributed by atoms with Crippen molar-refractivity contribution in [3.63, 3.8) is 0 Å². The number of fused-ring (bicyclic) bond motifs is 1. The lowest BCUT2D eigenvalue weighted by molar-refractivity contribution is 1.07. The van der Waals surface area contributed by atoms with E-state index in [-0.39, 0.29) is 0 Å². The maximum atomic E-state index is 6.16. The maximum Gasteiger partial charge on any atom is 0.164 e. The van der Waals surface area contributed by atoms with Crippen LogP contribution in [0.2, 0.25) is 5.15 Å². The van der Waals surface area contributed by atoms with Crippen LogP contribution in [0.4, 0.5) is 0 Å². The molecule has 6 aromatic rings. The Morgan fingerprint density at radius 1 is 0.429 bits per heavy atom. The van der Waals surface area contributed by atoms with Gasteiger partial charge in [-0.1, -0.05) is 109 Å². The zero-order valence-corrected chi connectivity index (χ0v) is 19.4. The molecule has 5 heteroatoms. The van der Waals surface area contributed by atoms with Gasteiger partial charge in [-0.3, -0.25) is 0 Å². The Balaban J connectivity index is 1.56. The van der Waals surface area contributed by atoms with Gasteiger partial charge < -0.3 is 0 Å². The predicted molar refractivity (Wildman–Crippen MR) is 142 cm³/mol. The monoisotopic (exact) mass is 470 g/mol. The standard InChI is InChI=1S/C30H19ClN4/c31-27-18-17-20-15-16-23(19-26(20)32-27)24-13-7-8-14-25(24)30-34-28(21-9-3-1-4-10-21)33-29(35-30)22-11-5-2-6-12-22/h1-19H. The second-order valence-corrected chi connectivity index (χ2v) is 8.51. The van der Waals surface area contributed by atoms with E-state index in [2.05, 4.69) is 29.2 Å². The Hall–Kier alpha value is -4.41. The molecule has 0 radical (unpaired) electrons. The Kier molecular flexibility index (Phi) is 5.49. The number of nitrogens with zero attached hydrogens (tertiary/aromatic N) is 4. The lowest BCUT2D eigenvalue weighted by atomic mass is 9.98. The van der Waals surface area contributed by atoms with Crippen molar-refractivity contribution in [3.8, 4) is 45.3 Å². The third kappa shape index (κ3) is 4.27. The van der Waals surface area contributed by atoms with Gasteiger partial charge in [-0.2, -0.15) is 0 Å². The first-order valence-electron chi connectivity index (χ1n) is 11.3. The van der Waals surface area contributed by atoms with E-state index in [0.717, 1.165) is 38.7 Å². The van der Waals surface area contributed by atoms with E-state index in [0.29, 0.717) is 22.6 Å². The van der Waals surface area contributed by atoms with Gasteiger partial charge >= 0.3 is 0 Å². The van der Waals surface area contributed by atoms with E-state index in [9.17, 15) is 0 Å². The lowest BCUT2D eigenvalue weighted by Gasteiger charge is -2.12. The minimum absolute atomic E-state index is 0.473. The molecular formula is C30H19ClN4. The summed E-state index contributed by atoms with van der Waals surface area (Å²) in [6, 6.07) is 38.1. The molecule has 0 amide bonds. The summed E-state index contributed by atoms with van der Waals surface area (Å²) in [5, 5.41) is 1.51. The first-order valence-corrected chi connectivity index (χ1v) is 11.7. The Morgan fingerprint density at radius 3 is 1.63 bits per heavy atom. The molecule has 166 valence electrons. The van der Waals surface area contributed by atoms with Gasteiger partial charge in [-0.25, -0.2) is 19.9 Å². The highest BCUT2D eigenvalue weighted by Gasteiger charge is 2.15. The number of halogens is 1. The highest BCUT2D eigenvalue weighted by atomic mass is 35.5. The quantitative estimate of drug-likeness (QED) is 0.247. The average molecular weight is 471 g/mol. The minimum Gasteiger partial charge on any atom is -0.236 e. The summed E-state index contributed by atoms with van der Waals surface area (Å²) in [4.78, 5) is 19.1. The van der Waals surface area contributed by atoms with Crippen LogP contribution in [0.5, 0.6) is 0 Å². The summed E-state index contributed by atoms with van der Waals surface area (Å²) >= 11 is 6.16. The number of benzene rings is 4. The topological polar surface area (TPSA) is 51.6 Å². The van der Waals surface area contributed by atoms with E-state index in [1.165, 1.54) is 0 Å². The van der Waals surface area contributed by atoms with E-state index in [1.54, 1.807) is 6.07 Å². The molecule has 35 heavy (non-hydrogen) atoms. The summed E-state index contributed by atoms with van der Waals surface area (Å²) in [6.07, 6.45) is 0. The fourth-order valence-electron chi connectivity index (χ4n) is 4.12. The molecule has 0 spiro atoms. The molecule has 2 aromatic heterocycles. The van der Waals surface area contributed by atoms with Crippen molar-refractivity contribution in [2.24, 2.45) is 0 Å². The van der Waals surface area contributed by atoms with Crippen molar-refractivity contribution < 1.29 is 0 Å². The second-order valence-electron chi connectivity index (χ2n) is 8.13. The van der Waals surface area contributed by atoms with Gasteiger partial charge in [0, 0.05) is 22.1 Å². The predicted octanol–water partition coefficient (Wildman–Crippen LogP) is 7.74. The van der Waals surface area contributed by atoms with E-state index < -0.39 is 0 Å². The van der Waals surface area contributed by atoms with Crippen molar-refractivity contribution in [2.75, 3.05) is 0 Å². The number of aromatic nitrogens is 4. The summed E-state index contributed by atoms with van der Waals surface area (Å²) in [5.41, 5.74) is 5.68. The summed E-state index contributed by atoms with van der Waals surface area (Å²) in [6.45, 7) is 0. The number of pyridine rings is 1. The van der Waals surface area contributed by atoms with E-state index >= 15 is 0 Å². The molecule has 4 aromatic carbocycles. The van der Waals surface area contributed by atoms with Crippen molar-refractivity contribution in [1.29, 1.82) is 0 Å². The van der Waals surface area contributed by atoms with Crippen LogP contribution in [0.3, 0.4) is 0 Å². The average Bonchev–Trinajstić information content (AvgIpc) is 2.93. The fraction of sp³-hybridized carbons (Fsp3) is 0. The van der Waals surface area contributed by atoms with Crippen molar-refractivity contribution in [3.05, 3.63) is 120 Å². The molecule has 0 fully saturated rings. The van der Waals surface area contributed by atoms with Crippen LogP contribution in [0.15, 0.2) is 115 Å². The van der Waals surface area contributed by atoms with Crippen molar-refractivity contribution >= 4 is 22.5 Å². The van der Waals surface area contributed by atoms with Crippen LogP contribution in [0, 0.1) is 0 Å². The molecule has 0 aliphatic heterocycles. The fourth-order valence-corrected chi connectivity index (χ4v) is 4.27. The van der Waals surface area contributed by atoms with Crippen molar-refractivity contribution in [2.45, 2.75) is 0 Å². The van der Waals surface area contributed by atoms with Gasteiger partial charge in [0.05, 0.1) is 5.52 Å². The van der Waals surface area contributed by atoms with Gasteiger partial charge in [0.25, 0.3) is 0 Å². The summed E-state index contributed by atoms with van der Waals surface area (Å²) in [5.74, 6) is 1.89. The van der Waals surface area contributed by atoms with Crippen LogP contribution >= 0.6 is 11.6 Å². The molecule has 0 aliphatic rings. The molecule has 0 saturated carbocycles. The van der Waals surface area contributed by atoms with Crippen LogP contribution in [0.25, 0.3) is 56.2 Å². The smallest absolute Gasteiger partial charge is 0.164 e. The third-order valence-corrected chi connectivity index (χ3v) is 6.05.